The molecule has 0 saturated heterocycles. The maximum absolute atomic E-state index is 10.1. The first-order chi connectivity index (χ1) is 15.5. The molecule has 1 aliphatic carbocycles. The number of aliphatic hydroxyl groups excluding tert-OH is 1. The van der Waals surface area contributed by atoms with Crippen LogP contribution >= 0.6 is 23.1 Å². The molecule has 2 atom stereocenters. The lowest BCUT2D eigenvalue weighted by Crippen LogP contribution is -2.15. The van der Waals surface area contributed by atoms with E-state index in [9.17, 15) is 15.6 Å². The van der Waals surface area contributed by atoms with Crippen LogP contribution in [0, 0.1) is 28.6 Å². The van der Waals surface area contributed by atoms with E-state index < -0.39 is 0 Å². The second kappa shape index (κ2) is 9.58. The summed E-state index contributed by atoms with van der Waals surface area (Å²) in [7, 11) is 0. The van der Waals surface area contributed by atoms with E-state index in [1.807, 2.05) is 29.6 Å². The van der Waals surface area contributed by atoms with Gasteiger partial charge in [0.15, 0.2) is 5.13 Å². The second-order valence-corrected chi connectivity index (χ2v) is 9.63. The molecule has 1 aliphatic rings. The van der Waals surface area contributed by atoms with Crippen molar-refractivity contribution >= 4 is 34.0 Å². The highest BCUT2D eigenvalue weighted by Gasteiger charge is 2.25. The average molecular weight is 463 g/mol. The van der Waals surface area contributed by atoms with E-state index in [4.69, 9.17) is 11.5 Å². The maximum atomic E-state index is 10.1. The van der Waals surface area contributed by atoms with Crippen LogP contribution in [0.2, 0.25) is 0 Å². The SMILES string of the molecule is N#Cc1c(N)nc(SCc2csc(N)n2)c(C#N)c1-c1ccc(C[C@H]2CCC[C@@H]2O)cc1. The molecule has 0 aliphatic heterocycles. The van der Waals surface area contributed by atoms with Gasteiger partial charge in [-0.15, -0.1) is 11.3 Å². The van der Waals surface area contributed by atoms with Crippen LogP contribution in [0.3, 0.4) is 0 Å². The maximum Gasteiger partial charge on any atom is 0.180 e. The Hall–Kier alpha value is -3.11. The number of nitrogens with zero attached hydrogens (tertiary/aromatic N) is 4. The predicted octanol–water partition coefficient (Wildman–Crippen LogP) is 4.11. The first kappa shape index (κ1) is 22.1. The highest BCUT2D eigenvalue weighted by molar-refractivity contribution is 7.98. The summed E-state index contributed by atoms with van der Waals surface area (Å²) in [4.78, 5) is 8.57. The van der Waals surface area contributed by atoms with Crippen LogP contribution in [0.4, 0.5) is 10.9 Å². The standard InChI is InChI=1S/C23H22N6OS2/c24-9-17-20(14-6-4-13(5-7-14)8-15-2-1-3-19(15)30)18(10-25)22(29-21(17)26)31-11-16-12-32-23(27)28-16/h4-7,12,15,19,30H,1-3,8,11H2,(H2,26,29)(H2,27,28)/t15-,19+/m1/s1. The number of pyridine rings is 1. The van der Waals surface area contributed by atoms with Crippen molar-refractivity contribution in [3.8, 4) is 23.3 Å². The highest BCUT2D eigenvalue weighted by Crippen LogP contribution is 2.37. The smallest absolute Gasteiger partial charge is 0.180 e. The minimum absolute atomic E-state index is 0.0972. The minimum atomic E-state index is -0.238. The second-order valence-electron chi connectivity index (χ2n) is 7.78. The third-order valence-corrected chi connectivity index (χ3v) is 7.43. The Morgan fingerprint density at radius 3 is 2.44 bits per heavy atom. The summed E-state index contributed by atoms with van der Waals surface area (Å²) in [6.45, 7) is 0. The summed E-state index contributed by atoms with van der Waals surface area (Å²) in [5, 5.41) is 32.6. The molecule has 4 rings (SSSR count). The Labute approximate surface area is 194 Å². The molecule has 9 heteroatoms. The molecule has 0 spiro atoms. The molecule has 1 saturated carbocycles. The number of hydrogen-bond acceptors (Lipinski definition) is 9. The number of nitriles is 2. The average Bonchev–Trinajstić information content (AvgIpc) is 3.40. The summed E-state index contributed by atoms with van der Waals surface area (Å²) in [5.74, 6) is 0.868. The quantitative estimate of drug-likeness (QED) is 0.464. The zero-order chi connectivity index (χ0) is 22.7. The van der Waals surface area contributed by atoms with Crippen molar-refractivity contribution in [2.45, 2.75) is 42.6 Å². The highest BCUT2D eigenvalue weighted by atomic mass is 32.2. The molecule has 5 N–H and O–H groups in total. The number of benzene rings is 1. The van der Waals surface area contributed by atoms with Crippen LogP contribution in [-0.2, 0) is 12.2 Å². The van der Waals surface area contributed by atoms with Crippen LogP contribution in [-0.4, -0.2) is 21.2 Å². The number of hydrogen-bond donors (Lipinski definition) is 3. The van der Waals surface area contributed by atoms with E-state index in [1.54, 1.807) is 0 Å². The molecule has 0 amide bonds. The third-order valence-electron chi connectivity index (χ3n) is 5.70. The van der Waals surface area contributed by atoms with Crippen molar-refractivity contribution in [2.75, 3.05) is 11.5 Å². The number of anilines is 2. The largest absolute Gasteiger partial charge is 0.393 e. The topological polar surface area (TPSA) is 146 Å². The number of nitrogen functional groups attached to an aromatic ring is 2. The summed E-state index contributed by atoms with van der Waals surface area (Å²) in [5.41, 5.74) is 15.5. The fourth-order valence-electron chi connectivity index (χ4n) is 4.09. The van der Waals surface area contributed by atoms with E-state index >= 15 is 0 Å². The van der Waals surface area contributed by atoms with Gasteiger partial charge in [-0.3, -0.25) is 0 Å². The molecule has 3 aromatic rings. The number of thioether (sulfide) groups is 1. The Kier molecular flexibility index (Phi) is 6.61. The molecule has 2 heterocycles. The van der Waals surface area contributed by atoms with Gasteiger partial charge in [-0.25, -0.2) is 9.97 Å². The van der Waals surface area contributed by atoms with Crippen molar-refractivity contribution in [3.63, 3.8) is 0 Å². The third kappa shape index (κ3) is 4.56. The summed E-state index contributed by atoms with van der Waals surface area (Å²) < 4.78 is 0. The molecular weight excluding hydrogens is 440 g/mol. The fraction of sp³-hybridized carbons (Fsp3) is 0.304. The van der Waals surface area contributed by atoms with Crippen molar-refractivity contribution in [1.29, 1.82) is 10.5 Å². The number of aliphatic hydroxyl groups is 1. The lowest BCUT2D eigenvalue weighted by atomic mass is 9.92. The molecule has 162 valence electrons. The Morgan fingerprint density at radius 1 is 1.09 bits per heavy atom. The number of aromatic nitrogens is 2. The molecule has 1 aromatic carbocycles. The molecule has 0 unspecified atom stereocenters. The van der Waals surface area contributed by atoms with Crippen molar-refractivity contribution < 1.29 is 5.11 Å². The van der Waals surface area contributed by atoms with Gasteiger partial charge in [0.05, 0.1) is 17.4 Å². The van der Waals surface area contributed by atoms with E-state index in [1.165, 1.54) is 23.1 Å². The molecule has 0 radical (unpaired) electrons. The summed E-state index contributed by atoms with van der Waals surface area (Å²) in [6.07, 6.45) is 3.54. The van der Waals surface area contributed by atoms with Crippen LogP contribution in [0.15, 0.2) is 34.7 Å². The predicted molar refractivity (Wildman–Crippen MR) is 127 cm³/mol. The van der Waals surface area contributed by atoms with Gasteiger partial charge < -0.3 is 16.6 Å². The van der Waals surface area contributed by atoms with Crippen LogP contribution < -0.4 is 11.5 Å². The lowest BCUT2D eigenvalue weighted by Gasteiger charge is -2.15. The van der Waals surface area contributed by atoms with Crippen LogP contribution in [0.1, 0.15) is 41.6 Å². The molecule has 0 bridgehead atoms. The van der Waals surface area contributed by atoms with Crippen LogP contribution in [0.5, 0.6) is 0 Å². The van der Waals surface area contributed by atoms with Gasteiger partial charge in [0.2, 0.25) is 0 Å². The zero-order valence-electron chi connectivity index (χ0n) is 17.3. The minimum Gasteiger partial charge on any atom is -0.393 e. The number of rotatable bonds is 6. The van der Waals surface area contributed by atoms with Crippen molar-refractivity contribution in [3.05, 3.63) is 52.0 Å². The van der Waals surface area contributed by atoms with E-state index in [0.29, 0.717) is 27.0 Å². The molecule has 2 aromatic heterocycles. The Morgan fingerprint density at radius 2 is 1.84 bits per heavy atom. The Bertz CT molecular complexity index is 1210. The Balaban J connectivity index is 1.66. The summed E-state index contributed by atoms with van der Waals surface area (Å²) >= 11 is 2.70. The van der Waals surface area contributed by atoms with Gasteiger partial charge in [-0.1, -0.05) is 42.4 Å². The monoisotopic (exact) mass is 462 g/mol. The first-order valence-corrected chi connectivity index (χ1v) is 12.1. The van der Waals surface area contributed by atoms with Crippen molar-refractivity contribution in [1.82, 2.24) is 9.97 Å². The number of thiazole rings is 1. The van der Waals surface area contributed by atoms with E-state index in [2.05, 4.69) is 22.1 Å². The van der Waals surface area contributed by atoms with Gasteiger partial charge in [0.1, 0.15) is 28.5 Å². The zero-order valence-corrected chi connectivity index (χ0v) is 18.9. The molecule has 1 fully saturated rings. The normalized spacial score (nSPS) is 17.7. The number of nitrogens with two attached hydrogens (primary N) is 2. The van der Waals surface area contributed by atoms with E-state index in [0.717, 1.165) is 42.5 Å². The molecular formula is C23H22N6OS2. The van der Waals surface area contributed by atoms with Crippen LogP contribution in [0.25, 0.3) is 11.1 Å². The molecule has 32 heavy (non-hydrogen) atoms. The van der Waals surface area contributed by atoms with Gasteiger partial charge in [-0.05, 0) is 36.3 Å². The first-order valence-electron chi connectivity index (χ1n) is 10.2. The fourth-order valence-corrected chi connectivity index (χ4v) is 5.64. The van der Waals surface area contributed by atoms with Gasteiger partial charge in [0, 0.05) is 16.7 Å². The lowest BCUT2D eigenvalue weighted by molar-refractivity contribution is 0.132. The van der Waals surface area contributed by atoms with Gasteiger partial charge in [-0.2, -0.15) is 10.5 Å². The molecule has 7 nitrogen and oxygen atoms in total. The summed E-state index contributed by atoms with van der Waals surface area (Å²) in [6, 6.07) is 12.1. The van der Waals surface area contributed by atoms with Gasteiger partial charge in [0.25, 0.3) is 0 Å². The van der Waals surface area contributed by atoms with Gasteiger partial charge >= 0.3 is 0 Å². The van der Waals surface area contributed by atoms with E-state index in [-0.39, 0.29) is 23.4 Å². The van der Waals surface area contributed by atoms with Crippen molar-refractivity contribution in [2.24, 2.45) is 5.92 Å².